The van der Waals surface area contributed by atoms with E-state index in [0.29, 0.717) is 0 Å². The monoisotopic (exact) mass is 716 g/mol. The SMILES string of the molecule is CCCCCCCCC1(CCCCCCCC)c2cc(OCCCCCCC)ccc2-c2ccc(N(c3ccccc3)c3ccc([N+](=O)[O-])cc3)cc21. The largest absolute Gasteiger partial charge is 0.494 e. The van der Waals surface area contributed by atoms with E-state index in [1.54, 1.807) is 12.1 Å². The predicted molar refractivity (Wildman–Crippen MR) is 224 cm³/mol. The van der Waals surface area contributed by atoms with E-state index in [-0.39, 0.29) is 16.0 Å². The number of unbranched alkanes of at least 4 members (excludes halogenated alkanes) is 14. The van der Waals surface area contributed by atoms with Crippen LogP contribution in [0.15, 0.2) is 91.0 Å². The molecule has 0 spiro atoms. The molecule has 0 saturated heterocycles. The maximum absolute atomic E-state index is 11.6. The molecule has 4 aromatic rings. The summed E-state index contributed by atoms with van der Waals surface area (Å²) in [6.07, 6.45) is 23.7. The number of nitro benzene ring substituents is 1. The van der Waals surface area contributed by atoms with Crippen molar-refractivity contribution in [1.82, 2.24) is 0 Å². The molecular formula is C48H64N2O3. The zero-order valence-electron chi connectivity index (χ0n) is 32.9. The highest BCUT2D eigenvalue weighted by atomic mass is 16.6. The fourth-order valence-corrected chi connectivity index (χ4v) is 8.41. The lowest BCUT2D eigenvalue weighted by Gasteiger charge is -2.34. The van der Waals surface area contributed by atoms with Gasteiger partial charge in [-0.25, -0.2) is 0 Å². The number of hydrogen-bond acceptors (Lipinski definition) is 4. The van der Waals surface area contributed by atoms with Crippen LogP contribution in [0, 0.1) is 10.1 Å². The highest BCUT2D eigenvalue weighted by Crippen LogP contribution is 2.56. The molecular weight excluding hydrogens is 653 g/mol. The van der Waals surface area contributed by atoms with Crippen LogP contribution in [0.3, 0.4) is 0 Å². The molecule has 4 aromatic carbocycles. The number of rotatable bonds is 25. The predicted octanol–water partition coefficient (Wildman–Crippen LogP) is 15.2. The number of anilines is 3. The fourth-order valence-electron chi connectivity index (χ4n) is 8.41. The molecule has 0 atom stereocenters. The highest BCUT2D eigenvalue weighted by Gasteiger charge is 2.43. The van der Waals surface area contributed by atoms with Gasteiger partial charge in [-0.2, -0.15) is 0 Å². The van der Waals surface area contributed by atoms with Crippen LogP contribution in [0.5, 0.6) is 5.75 Å². The second kappa shape index (κ2) is 20.9. The number of fused-ring (bicyclic) bond motifs is 3. The third-order valence-corrected chi connectivity index (χ3v) is 11.3. The molecule has 0 amide bonds. The summed E-state index contributed by atoms with van der Waals surface area (Å²) in [7, 11) is 0. The molecule has 0 N–H and O–H groups in total. The number of hydrogen-bond donors (Lipinski definition) is 0. The number of non-ortho nitro benzene ring substituents is 1. The lowest BCUT2D eigenvalue weighted by atomic mass is 9.70. The second-order valence-electron chi connectivity index (χ2n) is 15.3. The molecule has 284 valence electrons. The van der Waals surface area contributed by atoms with Crippen LogP contribution in [0.25, 0.3) is 11.1 Å². The maximum Gasteiger partial charge on any atom is 0.269 e. The van der Waals surface area contributed by atoms with Gasteiger partial charge in [-0.15, -0.1) is 0 Å². The summed E-state index contributed by atoms with van der Waals surface area (Å²) in [4.78, 5) is 13.5. The van der Waals surface area contributed by atoms with E-state index < -0.39 is 0 Å². The maximum atomic E-state index is 11.6. The minimum Gasteiger partial charge on any atom is -0.494 e. The van der Waals surface area contributed by atoms with Gasteiger partial charge in [-0.05, 0) is 90.0 Å². The number of nitrogens with zero attached hydrogens (tertiary/aromatic N) is 2. The quantitative estimate of drug-likeness (QED) is 0.0389. The summed E-state index contributed by atoms with van der Waals surface area (Å²) in [6.45, 7) is 7.61. The summed E-state index contributed by atoms with van der Waals surface area (Å²) in [6, 6.07) is 31.3. The van der Waals surface area contributed by atoms with Gasteiger partial charge in [0.15, 0.2) is 0 Å². The molecule has 0 heterocycles. The smallest absolute Gasteiger partial charge is 0.269 e. The van der Waals surface area contributed by atoms with Crippen molar-refractivity contribution in [2.45, 2.75) is 148 Å². The van der Waals surface area contributed by atoms with E-state index in [0.717, 1.165) is 48.7 Å². The van der Waals surface area contributed by atoms with Gasteiger partial charge in [-0.1, -0.05) is 154 Å². The standard InChI is InChI=1S/C48H64N2O3/c1-4-7-10-13-15-21-34-48(35-22-16-14-11-8-5-2)46-37-42(49(39-24-19-18-20-25-39)40-26-28-41(29-27-40)50(51)52)30-32-44(46)45-33-31-43(38-47(45)48)53-36-23-17-12-9-6-3/h18-20,24-33,37-38H,4-17,21-23,34-36H2,1-3H3. The summed E-state index contributed by atoms with van der Waals surface area (Å²) in [5, 5.41) is 11.6. The summed E-state index contributed by atoms with van der Waals surface area (Å²) >= 11 is 0. The summed E-state index contributed by atoms with van der Waals surface area (Å²) in [5.74, 6) is 0.999. The van der Waals surface area contributed by atoms with Crippen LogP contribution in [-0.4, -0.2) is 11.5 Å². The van der Waals surface area contributed by atoms with Gasteiger partial charge >= 0.3 is 0 Å². The first kappa shape index (κ1) is 40.1. The van der Waals surface area contributed by atoms with Crippen LogP contribution in [0.2, 0.25) is 0 Å². The van der Waals surface area contributed by atoms with Gasteiger partial charge < -0.3 is 9.64 Å². The van der Waals surface area contributed by atoms with Crippen LogP contribution in [-0.2, 0) is 5.41 Å². The minimum absolute atomic E-state index is 0.0991. The zero-order valence-corrected chi connectivity index (χ0v) is 32.9. The van der Waals surface area contributed by atoms with E-state index >= 15 is 0 Å². The Bertz CT molecular complexity index is 1670. The number of ether oxygens (including phenoxy) is 1. The van der Waals surface area contributed by atoms with E-state index in [1.807, 2.05) is 18.2 Å². The van der Waals surface area contributed by atoms with Crippen LogP contribution >= 0.6 is 0 Å². The van der Waals surface area contributed by atoms with Gasteiger partial charge in [0, 0.05) is 34.6 Å². The lowest BCUT2D eigenvalue weighted by Crippen LogP contribution is -2.26. The van der Waals surface area contributed by atoms with Crippen molar-refractivity contribution >= 4 is 22.7 Å². The van der Waals surface area contributed by atoms with Crippen molar-refractivity contribution in [2.75, 3.05) is 11.5 Å². The average Bonchev–Trinajstić information content (AvgIpc) is 3.44. The molecule has 0 aliphatic heterocycles. The molecule has 0 radical (unpaired) electrons. The molecule has 5 heteroatoms. The molecule has 0 aromatic heterocycles. The zero-order chi connectivity index (χ0) is 37.3. The van der Waals surface area contributed by atoms with Crippen molar-refractivity contribution in [1.29, 1.82) is 0 Å². The van der Waals surface area contributed by atoms with Crippen molar-refractivity contribution in [2.24, 2.45) is 0 Å². The van der Waals surface area contributed by atoms with E-state index in [1.165, 1.54) is 125 Å². The Kier molecular flexibility index (Phi) is 15.8. The van der Waals surface area contributed by atoms with Gasteiger partial charge in [0.25, 0.3) is 5.69 Å². The Labute approximate surface area is 320 Å². The van der Waals surface area contributed by atoms with Gasteiger partial charge in [0.1, 0.15) is 5.75 Å². The molecule has 5 rings (SSSR count). The van der Waals surface area contributed by atoms with E-state index in [9.17, 15) is 10.1 Å². The van der Waals surface area contributed by atoms with Crippen LogP contribution in [0.4, 0.5) is 22.7 Å². The summed E-state index contributed by atoms with van der Waals surface area (Å²) < 4.78 is 6.49. The third kappa shape index (κ3) is 10.5. The third-order valence-electron chi connectivity index (χ3n) is 11.3. The fraction of sp³-hybridized carbons (Fsp3) is 0.500. The first-order chi connectivity index (χ1) is 26.0. The molecule has 0 fully saturated rings. The molecule has 1 aliphatic rings. The van der Waals surface area contributed by atoms with Gasteiger partial charge in [-0.3, -0.25) is 10.1 Å². The van der Waals surface area contributed by atoms with E-state index in [2.05, 4.69) is 86.3 Å². The Morgan fingerprint density at radius 3 is 1.62 bits per heavy atom. The van der Waals surface area contributed by atoms with Crippen molar-refractivity contribution in [3.8, 4) is 16.9 Å². The highest BCUT2D eigenvalue weighted by molar-refractivity contribution is 5.86. The summed E-state index contributed by atoms with van der Waals surface area (Å²) in [5.41, 5.74) is 8.56. The van der Waals surface area contributed by atoms with Crippen LogP contribution < -0.4 is 9.64 Å². The van der Waals surface area contributed by atoms with Crippen LogP contribution in [0.1, 0.15) is 154 Å². The Morgan fingerprint density at radius 1 is 0.547 bits per heavy atom. The average molecular weight is 717 g/mol. The van der Waals surface area contributed by atoms with Crippen molar-refractivity contribution in [3.05, 3.63) is 112 Å². The molecule has 1 aliphatic carbocycles. The molecule has 5 nitrogen and oxygen atoms in total. The Morgan fingerprint density at radius 2 is 1.04 bits per heavy atom. The number of para-hydroxylation sites is 1. The van der Waals surface area contributed by atoms with Gasteiger partial charge in [0.2, 0.25) is 0 Å². The lowest BCUT2D eigenvalue weighted by molar-refractivity contribution is -0.384. The Hall–Kier alpha value is -4.12. The first-order valence-corrected chi connectivity index (χ1v) is 21.0. The molecule has 0 unspecified atom stereocenters. The van der Waals surface area contributed by atoms with Crippen molar-refractivity contribution < 1.29 is 9.66 Å². The topological polar surface area (TPSA) is 55.6 Å². The Balaban J connectivity index is 1.56. The molecule has 0 bridgehead atoms. The minimum atomic E-state index is -0.327. The second-order valence-corrected chi connectivity index (χ2v) is 15.3. The molecule has 0 saturated carbocycles. The van der Waals surface area contributed by atoms with E-state index in [4.69, 9.17) is 4.74 Å². The first-order valence-electron chi connectivity index (χ1n) is 21.0. The van der Waals surface area contributed by atoms with Gasteiger partial charge in [0.05, 0.1) is 11.5 Å². The number of nitro groups is 1. The molecule has 53 heavy (non-hydrogen) atoms. The van der Waals surface area contributed by atoms with Crippen molar-refractivity contribution in [3.63, 3.8) is 0 Å². The normalized spacial score (nSPS) is 12.7. The number of benzene rings is 4.